The summed E-state index contributed by atoms with van der Waals surface area (Å²) in [7, 11) is 0. The number of thioether (sulfide) groups is 1. The molecule has 2 N–H and O–H groups in total. The second-order valence-electron chi connectivity index (χ2n) is 4.39. The van der Waals surface area contributed by atoms with E-state index in [4.69, 9.17) is 5.73 Å². The van der Waals surface area contributed by atoms with Crippen LogP contribution in [0.25, 0.3) is 0 Å². The first-order chi connectivity index (χ1) is 7.15. The number of nitrogens with two attached hydrogens (primary N) is 1. The second-order valence-corrected chi connectivity index (χ2v) is 5.73. The Morgan fingerprint density at radius 1 is 1.56 bits per heavy atom. The smallest absolute Gasteiger partial charge is 0.222 e. The van der Waals surface area contributed by atoms with Crippen LogP contribution >= 0.6 is 24.2 Å². The van der Waals surface area contributed by atoms with Crippen molar-refractivity contribution in [2.45, 2.75) is 31.9 Å². The number of hydrogen-bond donors (Lipinski definition) is 1. The van der Waals surface area contributed by atoms with E-state index >= 15 is 0 Å². The lowest BCUT2D eigenvalue weighted by atomic mass is 10.1. The topological polar surface area (TPSA) is 46.3 Å². The van der Waals surface area contributed by atoms with Crippen LogP contribution in [0.5, 0.6) is 0 Å². The SMILES string of the molecule is CC(C)C1CN(C(=O)CCCN)CCS1.Cl. The summed E-state index contributed by atoms with van der Waals surface area (Å²) in [5.74, 6) is 2.02. The molecule has 1 unspecified atom stereocenters. The van der Waals surface area contributed by atoms with E-state index in [2.05, 4.69) is 13.8 Å². The van der Waals surface area contributed by atoms with Crippen molar-refractivity contribution in [2.75, 3.05) is 25.4 Å². The largest absolute Gasteiger partial charge is 0.341 e. The molecule has 1 aliphatic heterocycles. The van der Waals surface area contributed by atoms with Crippen molar-refractivity contribution >= 4 is 30.1 Å². The Morgan fingerprint density at radius 2 is 2.25 bits per heavy atom. The number of carbonyl (C=O) groups is 1. The van der Waals surface area contributed by atoms with Crippen LogP contribution in [-0.2, 0) is 4.79 Å². The number of halogens is 1. The monoisotopic (exact) mass is 266 g/mol. The minimum Gasteiger partial charge on any atom is -0.341 e. The van der Waals surface area contributed by atoms with Crippen molar-refractivity contribution in [1.29, 1.82) is 0 Å². The summed E-state index contributed by atoms with van der Waals surface area (Å²) in [5, 5.41) is 0.612. The van der Waals surface area contributed by atoms with Crippen molar-refractivity contribution in [3.63, 3.8) is 0 Å². The minimum absolute atomic E-state index is 0. The zero-order chi connectivity index (χ0) is 11.3. The molecule has 16 heavy (non-hydrogen) atoms. The molecule has 1 saturated heterocycles. The van der Waals surface area contributed by atoms with E-state index < -0.39 is 0 Å². The molecule has 1 amide bonds. The maximum Gasteiger partial charge on any atom is 0.222 e. The second kappa shape index (κ2) is 8.20. The average Bonchev–Trinajstić information content (AvgIpc) is 2.26. The highest BCUT2D eigenvalue weighted by molar-refractivity contribution is 8.00. The van der Waals surface area contributed by atoms with Crippen LogP contribution in [0, 0.1) is 5.92 Å². The van der Waals surface area contributed by atoms with Gasteiger partial charge in [0.2, 0.25) is 5.91 Å². The van der Waals surface area contributed by atoms with Crippen LogP contribution in [0.15, 0.2) is 0 Å². The summed E-state index contributed by atoms with van der Waals surface area (Å²) in [6.45, 7) is 6.90. The van der Waals surface area contributed by atoms with E-state index in [-0.39, 0.29) is 18.3 Å². The molecule has 0 aromatic rings. The first kappa shape index (κ1) is 16.1. The maximum absolute atomic E-state index is 11.8. The highest BCUT2D eigenvalue weighted by Crippen LogP contribution is 2.25. The normalized spacial score (nSPS) is 20.8. The van der Waals surface area contributed by atoms with Gasteiger partial charge in [0.05, 0.1) is 0 Å². The molecule has 0 bridgehead atoms. The summed E-state index contributed by atoms with van der Waals surface area (Å²) < 4.78 is 0. The van der Waals surface area contributed by atoms with Gasteiger partial charge in [-0.2, -0.15) is 11.8 Å². The number of amides is 1. The van der Waals surface area contributed by atoms with Gasteiger partial charge in [-0.1, -0.05) is 13.8 Å². The van der Waals surface area contributed by atoms with E-state index in [9.17, 15) is 4.79 Å². The third-order valence-corrected chi connectivity index (χ3v) is 4.32. The Hall–Kier alpha value is 0.0700. The van der Waals surface area contributed by atoms with E-state index in [0.29, 0.717) is 24.1 Å². The van der Waals surface area contributed by atoms with Crippen molar-refractivity contribution in [3.8, 4) is 0 Å². The van der Waals surface area contributed by atoms with Gasteiger partial charge >= 0.3 is 0 Å². The molecular formula is C11H23ClN2OS. The zero-order valence-electron chi connectivity index (χ0n) is 10.1. The van der Waals surface area contributed by atoms with Gasteiger partial charge in [-0.05, 0) is 18.9 Å². The Kier molecular flexibility index (Phi) is 8.24. The van der Waals surface area contributed by atoms with Crippen molar-refractivity contribution in [3.05, 3.63) is 0 Å². The Morgan fingerprint density at radius 3 is 2.81 bits per heavy atom. The quantitative estimate of drug-likeness (QED) is 0.843. The highest BCUT2D eigenvalue weighted by Gasteiger charge is 2.25. The summed E-state index contributed by atoms with van der Waals surface area (Å²) in [4.78, 5) is 13.8. The molecular weight excluding hydrogens is 244 g/mol. The van der Waals surface area contributed by atoms with Gasteiger partial charge in [-0.25, -0.2) is 0 Å². The molecule has 5 heteroatoms. The van der Waals surface area contributed by atoms with Gasteiger partial charge < -0.3 is 10.6 Å². The lowest BCUT2D eigenvalue weighted by molar-refractivity contribution is -0.131. The molecule has 1 fully saturated rings. The van der Waals surface area contributed by atoms with Gasteiger partial charge in [-0.3, -0.25) is 4.79 Å². The first-order valence-electron chi connectivity index (χ1n) is 5.74. The number of hydrogen-bond acceptors (Lipinski definition) is 3. The Balaban J connectivity index is 0.00000225. The lowest BCUT2D eigenvalue weighted by Gasteiger charge is -2.34. The van der Waals surface area contributed by atoms with E-state index in [1.165, 1.54) is 0 Å². The number of carbonyl (C=O) groups excluding carboxylic acids is 1. The first-order valence-corrected chi connectivity index (χ1v) is 6.79. The molecule has 0 saturated carbocycles. The Bertz CT molecular complexity index is 214. The van der Waals surface area contributed by atoms with Crippen LogP contribution in [0.3, 0.4) is 0 Å². The van der Waals surface area contributed by atoms with E-state index in [1.807, 2.05) is 16.7 Å². The molecule has 3 nitrogen and oxygen atoms in total. The molecule has 0 spiro atoms. The summed E-state index contributed by atoms with van der Waals surface area (Å²) >= 11 is 2.00. The highest BCUT2D eigenvalue weighted by atomic mass is 35.5. The fourth-order valence-corrected chi connectivity index (χ4v) is 3.02. The molecule has 1 rings (SSSR count). The fourth-order valence-electron chi connectivity index (χ4n) is 1.72. The molecule has 0 aromatic carbocycles. The average molecular weight is 267 g/mol. The molecule has 0 aromatic heterocycles. The summed E-state index contributed by atoms with van der Waals surface area (Å²) in [6, 6.07) is 0. The standard InChI is InChI=1S/C11H22N2OS.ClH/c1-9(2)10-8-13(6-7-15-10)11(14)4-3-5-12;/h9-10H,3-8,12H2,1-2H3;1H. The van der Waals surface area contributed by atoms with Gasteiger partial charge in [0, 0.05) is 30.5 Å². The van der Waals surface area contributed by atoms with Gasteiger partial charge in [0.25, 0.3) is 0 Å². The maximum atomic E-state index is 11.8. The van der Waals surface area contributed by atoms with Crippen LogP contribution in [0.2, 0.25) is 0 Å². The van der Waals surface area contributed by atoms with Crippen LogP contribution in [-0.4, -0.2) is 41.4 Å². The van der Waals surface area contributed by atoms with Crippen molar-refractivity contribution in [2.24, 2.45) is 11.7 Å². The third kappa shape index (κ3) is 4.93. The van der Waals surface area contributed by atoms with Gasteiger partial charge in [0.15, 0.2) is 0 Å². The van der Waals surface area contributed by atoms with Crippen molar-refractivity contribution < 1.29 is 4.79 Å². The van der Waals surface area contributed by atoms with Crippen LogP contribution in [0.1, 0.15) is 26.7 Å². The van der Waals surface area contributed by atoms with Gasteiger partial charge in [0.1, 0.15) is 0 Å². The molecule has 0 radical (unpaired) electrons. The van der Waals surface area contributed by atoms with Gasteiger partial charge in [-0.15, -0.1) is 12.4 Å². The van der Waals surface area contributed by atoms with E-state index in [1.54, 1.807) is 0 Å². The summed E-state index contributed by atoms with van der Waals surface area (Å²) in [5.41, 5.74) is 5.41. The van der Waals surface area contributed by atoms with Crippen molar-refractivity contribution in [1.82, 2.24) is 4.90 Å². The van der Waals surface area contributed by atoms with Crippen LogP contribution in [0.4, 0.5) is 0 Å². The van der Waals surface area contributed by atoms with Crippen LogP contribution < -0.4 is 5.73 Å². The Labute approximate surface area is 109 Å². The zero-order valence-corrected chi connectivity index (χ0v) is 11.8. The predicted octanol–water partition coefficient (Wildman–Crippen LogP) is 1.75. The molecule has 1 heterocycles. The predicted molar refractivity (Wildman–Crippen MR) is 73.2 cm³/mol. The molecule has 0 aliphatic carbocycles. The lowest BCUT2D eigenvalue weighted by Crippen LogP contribution is -2.43. The summed E-state index contributed by atoms with van der Waals surface area (Å²) in [6.07, 6.45) is 1.43. The molecule has 1 aliphatic rings. The fraction of sp³-hybridized carbons (Fsp3) is 0.909. The third-order valence-electron chi connectivity index (χ3n) is 2.78. The molecule has 96 valence electrons. The van der Waals surface area contributed by atoms with E-state index in [0.717, 1.165) is 25.3 Å². The number of rotatable bonds is 4. The number of nitrogens with zero attached hydrogens (tertiary/aromatic N) is 1. The molecule has 1 atom stereocenters. The minimum atomic E-state index is 0.